The first-order valence-corrected chi connectivity index (χ1v) is 12.1. The summed E-state index contributed by atoms with van der Waals surface area (Å²) >= 11 is 11.0. The van der Waals surface area contributed by atoms with Gasteiger partial charge in [0.2, 0.25) is 0 Å². The summed E-state index contributed by atoms with van der Waals surface area (Å²) in [5.41, 5.74) is 0. The lowest BCUT2D eigenvalue weighted by atomic mass is 10.2. The normalized spacial score (nSPS) is 18.3. The van der Waals surface area contributed by atoms with Gasteiger partial charge in [0.25, 0.3) is 0 Å². The molecule has 0 aromatic heterocycles. The van der Waals surface area contributed by atoms with Gasteiger partial charge in [-0.2, -0.15) is 0 Å². The number of hydrogen-bond donors (Lipinski definition) is 1. The Morgan fingerprint density at radius 2 is 1.57 bits per heavy atom. The van der Waals surface area contributed by atoms with Crippen LogP contribution in [0.4, 0.5) is 0 Å². The van der Waals surface area contributed by atoms with E-state index in [2.05, 4.69) is 0 Å². The van der Waals surface area contributed by atoms with Crippen molar-refractivity contribution in [1.29, 1.82) is 0 Å². The molecule has 0 bridgehead atoms. The predicted octanol–water partition coefficient (Wildman–Crippen LogP) is 6.42. The van der Waals surface area contributed by atoms with Crippen molar-refractivity contribution in [2.24, 2.45) is 0 Å². The lowest BCUT2D eigenvalue weighted by molar-refractivity contribution is -0.162. The summed E-state index contributed by atoms with van der Waals surface area (Å²) in [7, 11) is 0. The van der Waals surface area contributed by atoms with Crippen LogP contribution < -0.4 is 0 Å². The van der Waals surface area contributed by atoms with Crippen LogP contribution in [-0.2, 0) is 14.2 Å². The van der Waals surface area contributed by atoms with Crippen molar-refractivity contribution in [2.75, 3.05) is 38.2 Å². The fraction of sp³-hybridized carbons (Fsp3) is 0.909. The number of rotatable bonds is 12. The van der Waals surface area contributed by atoms with E-state index in [1.54, 1.807) is 6.26 Å². The molecule has 0 spiro atoms. The Bertz CT molecular complexity index is 297. The number of hydrogen-bond acceptors (Lipinski definition) is 4. The van der Waals surface area contributed by atoms with Crippen molar-refractivity contribution in [3.05, 3.63) is 12.3 Å². The lowest BCUT2D eigenvalue weighted by Crippen LogP contribution is -2.22. The van der Waals surface area contributed by atoms with Gasteiger partial charge in [0.15, 0.2) is 6.29 Å². The van der Waals surface area contributed by atoms with E-state index in [4.69, 9.17) is 42.5 Å². The number of ether oxygens (including phenoxy) is 3. The molecule has 2 rings (SSSR count). The highest BCUT2D eigenvalue weighted by atomic mass is 35.5. The fourth-order valence-electron chi connectivity index (χ4n) is 2.66. The average Bonchev–Trinajstić information content (AvgIpc) is 2.77. The van der Waals surface area contributed by atoms with E-state index in [1.807, 2.05) is 6.08 Å². The second kappa shape index (κ2) is 25.0. The van der Waals surface area contributed by atoms with E-state index >= 15 is 0 Å². The number of allylic oxidation sites excluding steroid dienone is 1. The topological polar surface area (TPSA) is 47.9 Å². The first kappa shape index (κ1) is 28.0. The Balaban J connectivity index is 0.000000438. The Hall–Kier alpha value is -0.0000000000000000555. The summed E-state index contributed by atoms with van der Waals surface area (Å²) in [6, 6.07) is 0. The van der Waals surface area contributed by atoms with Gasteiger partial charge >= 0.3 is 0 Å². The van der Waals surface area contributed by atoms with Gasteiger partial charge in [-0.25, -0.2) is 0 Å². The lowest BCUT2D eigenvalue weighted by Gasteiger charge is -2.22. The van der Waals surface area contributed by atoms with E-state index < -0.39 is 0 Å². The molecule has 1 N–H and O–H groups in total. The monoisotopic (exact) mass is 440 g/mol. The van der Waals surface area contributed by atoms with Gasteiger partial charge < -0.3 is 19.3 Å². The smallest absolute Gasteiger partial charge is 0.157 e. The molecule has 1 fully saturated rings. The minimum Gasteiger partial charge on any atom is -0.502 e. The van der Waals surface area contributed by atoms with Gasteiger partial charge in [0, 0.05) is 31.6 Å². The van der Waals surface area contributed by atoms with Crippen molar-refractivity contribution in [2.45, 2.75) is 89.8 Å². The molecule has 2 aliphatic rings. The summed E-state index contributed by atoms with van der Waals surface area (Å²) in [6.07, 6.45) is 18.8. The van der Waals surface area contributed by atoms with Crippen LogP contribution in [0, 0.1) is 0 Å². The molecule has 1 saturated heterocycles. The van der Waals surface area contributed by atoms with Crippen molar-refractivity contribution in [3.63, 3.8) is 0 Å². The maximum atomic E-state index is 8.33. The Labute approximate surface area is 182 Å². The molecule has 2 heterocycles. The zero-order valence-corrected chi connectivity index (χ0v) is 19.1. The third-order valence-corrected chi connectivity index (χ3v) is 4.87. The third-order valence-electron chi connectivity index (χ3n) is 4.34. The van der Waals surface area contributed by atoms with E-state index in [0.29, 0.717) is 6.61 Å². The maximum absolute atomic E-state index is 8.33. The highest BCUT2D eigenvalue weighted by Crippen LogP contribution is 2.14. The highest BCUT2D eigenvalue weighted by molar-refractivity contribution is 6.18. The zero-order chi connectivity index (χ0) is 20.5. The van der Waals surface area contributed by atoms with Crippen LogP contribution in [0.5, 0.6) is 0 Å². The van der Waals surface area contributed by atoms with Crippen LogP contribution >= 0.6 is 23.2 Å². The molecule has 1 atom stereocenters. The molecular formula is C22H42Cl2O4. The molecule has 6 heteroatoms. The Morgan fingerprint density at radius 3 is 2.04 bits per heavy atom. The minimum atomic E-state index is 0.0803. The largest absolute Gasteiger partial charge is 0.502 e. The number of aliphatic hydroxyl groups is 1. The summed E-state index contributed by atoms with van der Waals surface area (Å²) in [6.45, 7) is 2.95. The molecular weight excluding hydrogens is 399 g/mol. The predicted molar refractivity (Wildman–Crippen MR) is 119 cm³/mol. The number of alkyl halides is 2. The van der Waals surface area contributed by atoms with Crippen LogP contribution in [0.1, 0.15) is 83.5 Å². The third kappa shape index (κ3) is 22.3. The molecule has 0 saturated carbocycles. The van der Waals surface area contributed by atoms with E-state index in [0.717, 1.165) is 76.5 Å². The summed E-state index contributed by atoms with van der Waals surface area (Å²) in [5.74, 6) is 1.54. The van der Waals surface area contributed by atoms with Gasteiger partial charge in [-0.15, -0.1) is 23.2 Å². The van der Waals surface area contributed by atoms with Crippen LogP contribution in [-0.4, -0.2) is 49.6 Å². The molecule has 0 aromatic carbocycles. The van der Waals surface area contributed by atoms with Crippen LogP contribution in [0.3, 0.4) is 0 Å². The average molecular weight is 441 g/mol. The Kier molecular flexibility index (Phi) is 25.0. The van der Waals surface area contributed by atoms with Crippen molar-refractivity contribution in [1.82, 2.24) is 0 Å². The molecule has 0 aromatic rings. The Morgan fingerprint density at radius 1 is 0.857 bits per heavy atom. The molecule has 0 amide bonds. The van der Waals surface area contributed by atoms with Gasteiger partial charge in [-0.1, -0.05) is 25.7 Å². The van der Waals surface area contributed by atoms with E-state index in [9.17, 15) is 0 Å². The van der Waals surface area contributed by atoms with Crippen molar-refractivity contribution < 1.29 is 19.3 Å². The first-order chi connectivity index (χ1) is 13.8. The summed E-state index contributed by atoms with van der Waals surface area (Å²) < 4.78 is 16.0. The molecule has 2 aliphatic heterocycles. The molecule has 28 heavy (non-hydrogen) atoms. The van der Waals surface area contributed by atoms with Gasteiger partial charge in [0.05, 0.1) is 12.9 Å². The van der Waals surface area contributed by atoms with Crippen molar-refractivity contribution >= 4 is 23.2 Å². The second-order valence-corrected chi connectivity index (χ2v) is 7.74. The summed E-state index contributed by atoms with van der Waals surface area (Å²) in [4.78, 5) is 0. The minimum absolute atomic E-state index is 0.0803. The number of halogens is 2. The van der Waals surface area contributed by atoms with Crippen LogP contribution in [0.15, 0.2) is 12.3 Å². The standard InChI is InChI=1S/C11H21ClO2.C6H13ClO.C5H8O/c12-8-4-1-2-5-9-13-11-7-3-6-10-14-11;7-5-3-1-2-4-6-8;1-2-4-6-5-3-1/h11H,1-10H2;8H,1-6H2;2,4H,1,3,5H2. The molecule has 1 unspecified atom stereocenters. The second-order valence-electron chi connectivity index (χ2n) is 6.98. The maximum Gasteiger partial charge on any atom is 0.157 e. The van der Waals surface area contributed by atoms with Gasteiger partial charge in [-0.3, -0.25) is 0 Å². The number of aliphatic hydroxyl groups excluding tert-OH is 1. The first-order valence-electron chi connectivity index (χ1n) is 11.1. The molecule has 4 nitrogen and oxygen atoms in total. The molecule has 0 aliphatic carbocycles. The summed E-state index contributed by atoms with van der Waals surface area (Å²) in [5, 5.41) is 8.33. The van der Waals surface area contributed by atoms with Crippen LogP contribution in [0.2, 0.25) is 0 Å². The fourth-order valence-corrected chi connectivity index (χ4v) is 3.03. The SMILES string of the molecule is C1=COCCC1.ClCCCCCCOC1CCCCO1.OCCCCCCCl. The van der Waals surface area contributed by atoms with E-state index in [-0.39, 0.29) is 6.29 Å². The highest BCUT2D eigenvalue weighted by Gasteiger charge is 2.13. The van der Waals surface area contributed by atoms with Crippen molar-refractivity contribution in [3.8, 4) is 0 Å². The number of unbranched alkanes of at least 4 members (excludes halogenated alkanes) is 6. The van der Waals surface area contributed by atoms with E-state index in [1.165, 1.54) is 38.5 Å². The quantitative estimate of drug-likeness (QED) is 0.281. The van der Waals surface area contributed by atoms with Gasteiger partial charge in [0.1, 0.15) is 0 Å². The molecule has 168 valence electrons. The molecule has 0 radical (unpaired) electrons. The van der Waals surface area contributed by atoms with Gasteiger partial charge in [-0.05, 0) is 63.9 Å². The van der Waals surface area contributed by atoms with Crippen LogP contribution in [0.25, 0.3) is 0 Å². The zero-order valence-electron chi connectivity index (χ0n) is 17.6.